The molecule has 0 radical (unpaired) electrons. The SMILES string of the molecule is CCC[C@@]1(C(=O)O)CN(C(=O)c2ccc(C)[nH]c2=O)CC[C@@H]1O. The van der Waals surface area contributed by atoms with E-state index in [-0.39, 0.29) is 31.5 Å². The number of aryl methyl sites for hydroxylation is 1. The molecule has 0 saturated carbocycles. The second kappa shape index (κ2) is 6.54. The van der Waals surface area contributed by atoms with Crippen molar-refractivity contribution in [2.75, 3.05) is 13.1 Å². The normalized spacial score (nSPS) is 24.5. The Balaban J connectivity index is 2.31. The number of carbonyl (C=O) groups excluding carboxylic acids is 1. The van der Waals surface area contributed by atoms with Gasteiger partial charge in [0, 0.05) is 18.8 Å². The largest absolute Gasteiger partial charge is 0.481 e. The zero-order valence-corrected chi connectivity index (χ0v) is 13.3. The van der Waals surface area contributed by atoms with Crippen molar-refractivity contribution in [3.8, 4) is 0 Å². The summed E-state index contributed by atoms with van der Waals surface area (Å²) in [6, 6.07) is 3.08. The maximum Gasteiger partial charge on any atom is 0.314 e. The Morgan fingerprint density at radius 3 is 2.70 bits per heavy atom. The Bertz CT molecular complexity index is 669. The number of nitrogens with zero attached hydrogens (tertiary/aromatic N) is 1. The first-order valence-electron chi connectivity index (χ1n) is 7.72. The monoisotopic (exact) mass is 322 g/mol. The number of aromatic amines is 1. The number of nitrogens with one attached hydrogen (secondary N) is 1. The number of hydrogen-bond acceptors (Lipinski definition) is 4. The minimum absolute atomic E-state index is 0.0113. The number of carbonyl (C=O) groups is 2. The van der Waals surface area contributed by atoms with Crippen LogP contribution < -0.4 is 5.56 Å². The summed E-state index contributed by atoms with van der Waals surface area (Å²) in [5.74, 6) is -1.61. The second-order valence-electron chi connectivity index (χ2n) is 6.13. The van der Waals surface area contributed by atoms with E-state index in [1.807, 2.05) is 6.92 Å². The summed E-state index contributed by atoms with van der Waals surface area (Å²) in [5.41, 5.74) is -1.23. The lowest BCUT2D eigenvalue weighted by atomic mass is 9.74. The predicted octanol–water partition coefficient (Wildman–Crippen LogP) is 0.761. The Hall–Kier alpha value is -2.15. The number of carboxylic acids is 1. The highest BCUT2D eigenvalue weighted by Crippen LogP contribution is 2.35. The molecule has 2 heterocycles. The van der Waals surface area contributed by atoms with Crippen molar-refractivity contribution in [2.45, 2.75) is 39.2 Å². The fourth-order valence-corrected chi connectivity index (χ4v) is 3.17. The minimum Gasteiger partial charge on any atom is -0.481 e. The molecule has 0 unspecified atom stereocenters. The molecule has 1 amide bonds. The van der Waals surface area contributed by atoms with Crippen LogP contribution in [0.15, 0.2) is 16.9 Å². The van der Waals surface area contributed by atoms with Gasteiger partial charge in [0.1, 0.15) is 11.0 Å². The number of carboxylic acid groups (broad SMARTS) is 1. The molecule has 1 aliphatic heterocycles. The summed E-state index contributed by atoms with van der Waals surface area (Å²) in [6.07, 6.45) is 0.0378. The molecule has 3 N–H and O–H groups in total. The maximum absolute atomic E-state index is 12.6. The van der Waals surface area contributed by atoms with Crippen molar-refractivity contribution in [2.24, 2.45) is 5.41 Å². The number of aliphatic carboxylic acids is 1. The molecule has 0 spiro atoms. The Morgan fingerprint density at radius 1 is 1.43 bits per heavy atom. The molecule has 0 aliphatic carbocycles. The van der Waals surface area contributed by atoms with E-state index >= 15 is 0 Å². The number of hydrogen-bond donors (Lipinski definition) is 3. The van der Waals surface area contributed by atoms with Crippen LogP contribution in [0.3, 0.4) is 0 Å². The van der Waals surface area contributed by atoms with E-state index in [1.54, 1.807) is 13.0 Å². The van der Waals surface area contributed by atoms with Gasteiger partial charge >= 0.3 is 5.97 Å². The van der Waals surface area contributed by atoms with Crippen LogP contribution in [0.1, 0.15) is 42.2 Å². The van der Waals surface area contributed by atoms with Gasteiger partial charge in [-0.25, -0.2) is 0 Å². The third kappa shape index (κ3) is 3.14. The number of piperidine rings is 1. The smallest absolute Gasteiger partial charge is 0.314 e. The molecule has 1 fully saturated rings. The van der Waals surface area contributed by atoms with Crippen molar-refractivity contribution in [1.29, 1.82) is 0 Å². The van der Waals surface area contributed by atoms with Gasteiger partial charge in [0.2, 0.25) is 0 Å². The summed E-state index contributed by atoms with van der Waals surface area (Å²) in [4.78, 5) is 40.2. The van der Waals surface area contributed by atoms with Crippen molar-refractivity contribution in [1.82, 2.24) is 9.88 Å². The van der Waals surface area contributed by atoms with E-state index in [2.05, 4.69) is 4.98 Å². The number of H-pyrrole nitrogens is 1. The molecule has 1 aromatic rings. The summed E-state index contributed by atoms with van der Waals surface area (Å²) in [7, 11) is 0. The lowest BCUT2D eigenvalue weighted by Crippen LogP contribution is -2.57. The molecule has 126 valence electrons. The highest BCUT2D eigenvalue weighted by molar-refractivity contribution is 5.94. The zero-order valence-electron chi connectivity index (χ0n) is 13.3. The van der Waals surface area contributed by atoms with E-state index in [0.717, 1.165) is 0 Å². The number of rotatable bonds is 4. The number of aliphatic hydroxyl groups excluding tert-OH is 1. The first-order valence-corrected chi connectivity index (χ1v) is 7.72. The first-order chi connectivity index (χ1) is 10.8. The van der Waals surface area contributed by atoms with Crippen molar-refractivity contribution in [3.05, 3.63) is 33.7 Å². The van der Waals surface area contributed by atoms with Gasteiger partial charge in [-0.2, -0.15) is 0 Å². The molecule has 1 aromatic heterocycles. The van der Waals surface area contributed by atoms with Gasteiger partial charge < -0.3 is 20.1 Å². The quantitative estimate of drug-likeness (QED) is 0.758. The molecule has 23 heavy (non-hydrogen) atoms. The van der Waals surface area contributed by atoms with Gasteiger partial charge in [0.05, 0.1) is 6.10 Å². The molecule has 1 saturated heterocycles. The molecule has 0 bridgehead atoms. The third-order valence-electron chi connectivity index (χ3n) is 4.48. The molecule has 1 aliphatic rings. The topological polar surface area (TPSA) is 111 Å². The van der Waals surface area contributed by atoms with Gasteiger partial charge in [-0.3, -0.25) is 14.4 Å². The fourth-order valence-electron chi connectivity index (χ4n) is 3.17. The van der Waals surface area contributed by atoms with E-state index < -0.39 is 29.0 Å². The third-order valence-corrected chi connectivity index (χ3v) is 4.48. The predicted molar refractivity (Wildman–Crippen MR) is 83.3 cm³/mol. The molecule has 7 heteroatoms. The van der Waals surface area contributed by atoms with Crippen LogP contribution in [0.4, 0.5) is 0 Å². The average molecular weight is 322 g/mol. The molecule has 2 atom stereocenters. The van der Waals surface area contributed by atoms with Gasteiger partial charge in [0.25, 0.3) is 11.5 Å². The van der Waals surface area contributed by atoms with Crippen LogP contribution >= 0.6 is 0 Å². The Kier molecular flexibility index (Phi) is 4.89. The number of likely N-dealkylation sites (tertiary alicyclic amines) is 1. The van der Waals surface area contributed by atoms with Gasteiger partial charge in [-0.05, 0) is 31.9 Å². The summed E-state index contributed by atoms with van der Waals surface area (Å²) >= 11 is 0. The lowest BCUT2D eigenvalue weighted by Gasteiger charge is -2.43. The van der Waals surface area contributed by atoms with Crippen LogP contribution in [0, 0.1) is 12.3 Å². The second-order valence-corrected chi connectivity index (χ2v) is 6.13. The summed E-state index contributed by atoms with van der Waals surface area (Å²) in [6.45, 7) is 3.68. The number of amides is 1. The van der Waals surface area contributed by atoms with E-state index in [0.29, 0.717) is 12.1 Å². The Labute approximate surface area is 133 Å². The van der Waals surface area contributed by atoms with Crippen LogP contribution in [0.25, 0.3) is 0 Å². The number of pyridine rings is 1. The van der Waals surface area contributed by atoms with Crippen molar-refractivity contribution >= 4 is 11.9 Å². The summed E-state index contributed by atoms with van der Waals surface area (Å²) in [5, 5.41) is 19.8. The van der Waals surface area contributed by atoms with Crippen LogP contribution in [0.5, 0.6) is 0 Å². The lowest BCUT2D eigenvalue weighted by molar-refractivity contribution is -0.162. The van der Waals surface area contributed by atoms with Crippen molar-refractivity contribution < 1.29 is 19.8 Å². The van der Waals surface area contributed by atoms with Crippen LogP contribution in [-0.2, 0) is 4.79 Å². The molecule has 2 rings (SSSR count). The van der Waals surface area contributed by atoms with Crippen molar-refractivity contribution in [3.63, 3.8) is 0 Å². The van der Waals surface area contributed by atoms with Gasteiger partial charge in [-0.15, -0.1) is 0 Å². The molecule has 7 nitrogen and oxygen atoms in total. The zero-order chi connectivity index (χ0) is 17.2. The highest BCUT2D eigenvalue weighted by Gasteiger charge is 2.49. The molecule has 0 aromatic carbocycles. The first kappa shape index (κ1) is 17.2. The minimum atomic E-state index is -1.37. The standard InChI is InChI=1S/C16H22N2O5/c1-3-7-16(15(22)23)9-18(8-6-12(16)19)14(21)11-5-4-10(2)17-13(11)20/h4-5,12,19H,3,6-9H2,1-2H3,(H,17,20)(H,22,23)/t12-,16+/m0/s1. The van der Waals surface area contributed by atoms with E-state index in [9.17, 15) is 24.6 Å². The maximum atomic E-state index is 12.6. The summed E-state index contributed by atoms with van der Waals surface area (Å²) < 4.78 is 0. The van der Waals surface area contributed by atoms with E-state index in [1.165, 1.54) is 11.0 Å². The number of aromatic nitrogens is 1. The highest BCUT2D eigenvalue weighted by atomic mass is 16.4. The average Bonchev–Trinajstić information content (AvgIpc) is 2.49. The fraction of sp³-hybridized carbons (Fsp3) is 0.562. The van der Waals surface area contributed by atoms with Crippen LogP contribution in [0.2, 0.25) is 0 Å². The molecular formula is C16H22N2O5. The number of aliphatic hydroxyl groups is 1. The van der Waals surface area contributed by atoms with Gasteiger partial charge in [-0.1, -0.05) is 13.3 Å². The van der Waals surface area contributed by atoms with E-state index in [4.69, 9.17) is 0 Å². The molecular weight excluding hydrogens is 300 g/mol. The van der Waals surface area contributed by atoms with Crippen LogP contribution in [-0.4, -0.2) is 51.2 Å². The Morgan fingerprint density at radius 2 is 2.13 bits per heavy atom. The van der Waals surface area contributed by atoms with Gasteiger partial charge in [0.15, 0.2) is 0 Å².